The van der Waals surface area contributed by atoms with Gasteiger partial charge in [-0.05, 0) is 74.0 Å². The summed E-state index contributed by atoms with van der Waals surface area (Å²) in [5, 5.41) is 17.3. The lowest BCUT2D eigenvalue weighted by molar-refractivity contribution is -0.114. The summed E-state index contributed by atoms with van der Waals surface area (Å²) < 4.78 is 8.29. The Balaban J connectivity index is 1.32. The summed E-state index contributed by atoms with van der Waals surface area (Å²) in [7, 11) is 0. The molecule has 0 saturated carbocycles. The van der Waals surface area contributed by atoms with E-state index in [2.05, 4.69) is 40.6 Å². The first-order chi connectivity index (χ1) is 19.3. The van der Waals surface area contributed by atoms with Crippen molar-refractivity contribution in [3.63, 3.8) is 0 Å². The number of hydrogen-bond acceptors (Lipinski definition) is 5. The Hall–Kier alpha value is -4.14. The zero-order valence-electron chi connectivity index (χ0n) is 22.2. The van der Waals surface area contributed by atoms with Gasteiger partial charge in [0.1, 0.15) is 17.4 Å². The van der Waals surface area contributed by atoms with E-state index in [1.54, 1.807) is 12.1 Å². The van der Waals surface area contributed by atoms with E-state index in [1.807, 2.05) is 55.5 Å². The van der Waals surface area contributed by atoms with Crippen molar-refractivity contribution in [2.24, 2.45) is 10.1 Å². The maximum atomic E-state index is 13.2. The molecule has 0 fully saturated rings. The van der Waals surface area contributed by atoms with E-state index in [0.717, 1.165) is 44.6 Å². The molecule has 7 nitrogen and oxygen atoms in total. The Bertz CT molecular complexity index is 1780. The number of carbonyl (C=O) groups is 1. The summed E-state index contributed by atoms with van der Waals surface area (Å²) in [5.74, 6) is 0.372. The second-order valence-corrected chi connectivity index (χ2v) is 11.1. The van der Waals surface area contributed by atoms with Gasteiger partial charge >= 0.3 is 0 Å². The molecule has 1 N–H and O–H groups in total. The summed E-state index contributed by atoms with van der Waals surface area (Å²) >= 11 is 7.60. The molecule has 0 aliphatic carbocycles. The van der Waals surface area contributed by atoms with Crippen LogP contribution in [0.3, 0.4) is 0 Å². The fourth-order valence-electron chi connectivity index (χ4n) is 5.08. The minimum atomic E-state index is -0.464. The Kier molecular flexibility index (Phi) is 6.82. The number of halogens is 1. The van der Waals surface area contributed by atoms with Crippen LogP contribution in [0.5, 0.6) is 5.75 Å². The van der Waals surface area contributed by atoms with Gasteiger partial charge in [0.25, 0.3) is 5.91 Å². The average molecular weight is 568 g/mol. The van der Waals surface area contributed by atoms with E-state index < -0.39 is 5.91 Å². The molecule has 2 aliphatic heterocycles. The minimum Gasteiger partial charge on any atom is -0.492 e. The monoisotopic (exact) mass is 567 g/mol. The van der Waals surface area contributed by atoms with Crippen molar-refractivity contribution in [2.45, 2.75) is 27.3 Å². The topological polar surface area (TPSA) is 83.0 Å². The summed E-state index contributed by atoms with van der Waals surface area (Å²) in [5.41, 5.74) is 6.13. The zero-order chi connectivity index (χ0) is 28.0. The molecule has 40 heavy (non-hydrogen) atoms. The first-order valence-electron chi connectivity index (χ1n) is 12.8. The number of thioether (sulfide) groups is 1. The predicted octanol–water partition coefficient (Wildman–Crippen LogP) is 6.97. The zero-order valence-corrected chi connectivity index (χ0v) is 23.8. The van der Waals surface area contributed by atoms with Gasteiger partial charge < -0.3 is 9.30 Å². The Morgan fingerprint density at radius 1 is 1.02 bits per heavy atom. The van der Waals surface area contributed by atoms with Gasteiger partial charge in [0, 0.05) is 27.7 Å². The Morgan fingerprint density at radius 2 is 1.75 bits per heavy atom. The Morgan fingerprint density at radius 3 is 2.52 bits per heavy atom. The van der Waals surface area contributed by atoms with Crippen molar-refractivity contribution in [2.75, 3.05) is 6.61 Å². The molecule has 0 unspecified atom stereocenters. The highest BCUT2D eigenvalue weighted by molar-refractivity contribution is 8.27. The highest BCUT2D eigenvalue weighted by Crippen LogP contribution is 2.34. The van der Waals surface area contributed by atoms with E-state index in [4.69, 9.17) is 21.7 Å². The Labute approximate surface area is 241 Å². The van der Waals surface area contributed by atoms with Crippen LogP contribution in [0.2, 0.25) is 5.02 Å². The summed E-state index contributed by atoms with van der Waals surface area (Å²) in [6, 6.07) is 21.6. The molecular formula is C31H26ClN5O2S. The van der Waals surface area contributed by atoms with Gasteiger partial charge in [-0.15, -0.1) is 0 Å². The predicted molar refractivity (Wildman–Crippen MR) is 164 cm³/mol. The summed E-state index contributed by atoms with van der Waals surface area (Å²) in [6.07, 6.45) is 1.76. The number of benzene rings is 3. The van der Waals surface area contributed by atoms with Crippen LogP contribution in [0.25, 0.3) is 17.0 Å². The van der Waals surface area contributed by atoms with E-state index in [-0.39, 0.29) is 11.4 Å². The van der Waals surface area contributed by atoms with Gasteiger partial charge in [-0.1, -0.05) is 54.1 Å². The maximum absolute atomic E-state index is 13.2. The number of nitrogens with zero attached hydrogens (tertiary/aromatic N) is 4. The number of aryl methyl sites for hydroxylation is 2. The normalized spacial score (nSPS) is 16.0. The molecule has 1 aromatic heterocycles. The molecule has 2 aliphatic rings. The summed E-state index contributed by atoms with van der Waals surface area (Å²) in [4.78, 5) is 17.4. The fraction of sp³-hybridized carbons (Fsp3) is 0.161. The number of hydrogen-bond donors (Lipinski definition) is 1. The van der Waals surface area contributed by atoms with E-state index in [1.165, 1.54) is 16.8 Å². The van der Waals surface area contributed by atoms with Crippen LogP contribution in [0.15, 0.2) is 82.4 Å². The molecule has 3 heterocycles. The third-order valence-electron chi connectivity index (χ3n) is 6.91. The molecule has 0 spiro atoms. The van der Waals surface area contributed by atoms with Gasteiger partial charge in [-0.3, -0.25) is 10.2 Å². The van der Waals surface area contributed by atoms with Crippen LogP contribution in [-0.2, 0) is 11.3 Å². The highest BCUT2D eigenvalue weighted by atomic mass is 35.5. The third kappa shape index (κ3) is 4.74. The number of para-hydroxylation sites is 1. The standard InChI is InChI=1S/C31H26ClN5O2S/c1-18-14-19(2)16-21(15-18)39-13-12-36-20(3)24(22-8-5-7-11-27(22)36)17-25-28(33)37-31(34-29(25)38)40-30(35-37)23-9-4-6-10-26(23)32/h4-11,14-17,33H,12-13H2,1-3H3/b25-17-,33-28?. The average Bonchev–Trinajstić information content (AvgIpc) is 3.45. The number of amides is 1. The van der Waals surface area contributed by atoms with Crippen molar-refractivity contribution < 1.29 is 9.53 Å². The highest BCUT2D eigenvalue weighted by Gasteiger charge is 2.36. The molecule has 4 aromatic rings. The van der Waals surface area contributed by atoms with Crippen LogP contribution in [0.4, 0.5) is 0 Å². The molecule has 0 radical (unpaired) electrons. The quantitative estimate of drug-likeness (QED) is 0.255. The second-order valence-electron chi connectivity index (χ2n) is 9.74. The number of amidine groups is 2. The molecule has 0 saturated heterocycles. The van der Waals surface area contributed by atoms with Gasteiger partial charge in [-0.25, -0.2) is 0 Å². The summed E-state index contributed by atoms with van der Waals surface area (Å²) in [6.45, 7) is 7.26. The molecule has 3 aromatic carbocycles. The van der Waals surface area contributed by atoms with Crippen LogP contribution >= 0.6 is 23.4 Å². The van der Waals surface area contributed by atoms with Gasteiger partial charge in [-0.2, -0.15) is 15.1 Å². The van der Waals surface area contributed by atoms with Crippen molar-refractivity contribution in [3.05, 3.63) is 105 Å². The van der Waals surface area contributed by atoms with Gasteiger partial charge in [0.2, 0.25) is 5.17 Å². The second kappa shape index (κ2) is 10.4. The maximum Gasteiger partial charge on any atom is 0.283 e. The van der Waals surface area contributed by atoms with Crippen molar-refractivity contribution in [1.29, 1.82) is 5.41 Å². The van der Waals surface area contributed by atoms with E-state index >= 15 is 0 Å². The van der Waals surface area contributed by atoms with Crippen LogP contribution < -0.4 is 4.74 Å². The number of nitrogens with one attached hydrogen (secondary N) is 1. The largest absolute Gasteiger partial charge is 0.492 e. The van der Waals surface area contributed by atoms with Crippen LogP contribution in [0.1, 0.15) is 27.9 Å². The number of fused-ring (bicyclic) bond motifs is 2. The first-order valence-corrected chi connectivity index (χ1v) is 14.0. The van der Waals surface area contributed by atoms with Crippen molar-refractivity contribution in [1.82, 2.24) is 9.58 Å². The number of aliphatic imine (C=N–C) groups is 1. The van der Waals surface area contributed by atoms with E-state index in [9.17, 15) is 4.79 Å². The minimum absolute atomic E-state index is 0.0149. The molecule has 1 amide bonds. The lowest BCUT2D eigenvalue weighted by Gasteiger charge is -2.20. The number of carbonyl (C=O) groups excluding carboxylic acids is 1. The number of ether oxygens (including phenoxy) is 1. The third-order valence-corrected chi connectivity index (χ3v) is 8.18. The van der Waals surface area contributed by atoms with Gasteiger partial charge in [0.05, 0.1) is 17.1 Å². The molecule has 200 valence electrons. The fourth-order valence-corrected chi connectivity index (χ4v) is 6.29. The number of rotatable bonds is 6. The first kappa shape index (κ1) is 26.1. The lowest BCUT2D eigenvalue weighted by Crippen LogP contribution is -2.35. The molecule has 6 rings (SSSR count). The van der Waals surface area contributed by atoms with Crippen molar-refractivity contribution in [3.8, 4) is 5.75 Å². The molecule has 0 bridgehead atoms. The van der Waals surface area contributed by atoms with E-state index in [0.29, 0.717) is 28.4 Å². The number of hydrazone groups is 1. The van der Waals surface area contributed by atoms with Crippen molar-refractivity contribution >= 4 is 62.3 Å². The molecular weight excluding hydrogens is 542 g/mol. The van der Waals surface area contributed by atoms with Crippen LogP contribution in [-0.4, -0.2) is 38.1 Å². The number of aromatic nitrogens is 1. The van der Waals surface area contributed by atoms with Gasteiger partial charge in [0.15, 0.2) is 5.84 Å². The molecule has 9 heteroatoms. The van der Waals surface area contributed by atoms with Crippen LogP contribution in [0, 0.1) is 26.2 Å². The smallest absolute Gasteiger partial charge is 0.283 e. The molecule has 0 atom stereocenters. The lowest BCUT2D eigenvalue weighted by atomic mass is 10.1. The SMILES string of the molecule is Cc1cc(C)cc(OCCn2c(C)c(/C=C3/C(=N)N4N=C(c5ccccc5Cl)SC4=NC3=O)c3ccccc32)c1.